The minimum absolute atomic E-state index is 0.192. The lowest BCUT2D eigenvalue weighted by molar-refractivity contribution is -0.122. The van der Waals surface area contributed by atoms with E-state index in [-0.39, 0.29) is 5.91 Å². The van der Waals surface area contributed by atoms with Crippen LogP contribution in [0.3, 0.4) is 0 Å². The van der Waals surface area contributed by atoms with Gasteiger partial charge in [-0.25, -0.2) is 0 Å². The van der Waals surface area contributed by atoms with Crippen LogP contribution in [0.25, 0.3) is 0 Å². The second-order valence-electron chi connectivity index (χ2n) is 3.84. The second-order valence-corrected chi connectivity index (χ2v) is 3.84. The Balaban J connectivity index is 2.13. The van der Waals surface area contributed by atoms with E-state index in [4.69, 9.17) is 0 Å². The van der Waals surface area contributed by atoms with Crippen molar-refractivity contribution in [2.24, 2.45) is 5.92 Å². The van der Waals surface area contributed by atoms with Gasteiger partial charge in [0.1, 0.15) is 0 Å². The van der Waals surface area contributed by atoms with Gasteiger partial charge >= 0.3 is 0 Å². The SMILES string of the molecule is CC(C)CNC1CCC(=O)NC1. The Morgan fingerprint density at radius 2 is 2.42 bits per heavy atom. The van der Waals surface area contributed by atoms with Crippen molar-refractivity contribution in [3.63, 3.8) is 0 Å². The van der Waals surface area contributed by atoms with Crippen LogP contribution in [0.5, 0.6) is 0 Å². The molecule has 1 heterocycles. The average Bonchev–Trinajstić information content (AvgIpc) is 2.03. The minimum Gasteiger partial charge on any atom is -0.355 e. The monoisotopic (exact) mass is 170 g/mol. The van der Waals surface area contributed by atoms with Gasteiger partial charge < -0.3 is 10.6 Å². The van der Waals surface area contributed by atoms with Crippen molar-refractivity contribution in [1.82, 2.24) is 10.6 Å². The summed E-state index contributed by atoms with van der Waals surface area (Å²) in [5.74, 6) is 0.875. The first kappa shape index (κ1) is 9.52. The maximum Gasteiger partial charge on any atom is 0.220 e. The lowest BCUT2D eigenvalue weighted by Crippen LogP contribution is -2.46. The summed E-state index contributed by atoms with van der Waals surface area (Å²) >= 11 is 0. The molecule has 0 radical (unpaired) electrons. The number of hydrogen-bond acceptors (Lipinski definition) is 2. The van der Waals surface area contributed by atoms with E-state index in [2.05, 4.69) is 24.5 Å². The van der Waals surface area contributed by atoms with Gasteiger partial charge in [0.2, 0.25) is 5.91 Å². The van der Waals surface area contributed by atoms with Crippen LogP contribution >= 0.6 is 0 Å². The molecule has 1 fully saturated rings. The molecule has 3 nitrogen and oxygen atoms in total. The van der Waals surface area contributed by atoms with E-state index in [0.29, 0.717) is 18.4 Å². The van der Waals surface area contributed by atoms with Gasteiger partial charge in [-0.05, 0) is 18.9 Å². The summed E-state index contributed by atoms with van der Waals surface area (Å²) in [6, 6.07) is 0.491. The smallest absolute Gasteiger partial charge is 0.220 e. The first-order valence-corrected chi connectivity index (χ1v) is 4.68. The van der Waals surface area contributed by atoms with Crippen molar-refractivity contribution < 1.29 is 4.79 Å². The topological polar surface area (TPSA) is 41.1 Å². The van der Waals surface area contributed by atoms with Gasteiger partial charge in [-0.3, -0.25) is 4.79 Å². The van der Waals surface area contributed by atoms with Gasteiger partial charge in [0, 0.05) is 19.0 Å². The molecule has 0 aliphatic carbocycles. The zero-order valence-electron chi connectivity index (χ0n) is 7.89. The predicted molar refractivity (Wildman–Crippen MR) is 48.9 cm³/mol. The summed E-state index contributed by atoms with van der Waals surface area (Å²) in [5, 5.41) is 6.28. The molecule has 2 N–H and O–H groups in total. The predicted octanol–water partition coefficient (Wildman–Crippen LogP) is 0.511. The number of rotatable bonds is 3. The van der Waals surface area contributed by atoms with Crippen LogP contribution in [-0.4, -0.2) is 25.0 Å². The lowest BCUT2D eigenvalue weighted by Gasteiger charge is -2.24. The number of carbonyl (C=O) groups excluding carboxylic acids is 1. The van der Waals surface area contributed by atoms with Crippen LogP contribution in [-0.2, 0) is 4.79 Å². The second kappa shape index (κ2) is 4.45. The number of piperidine rings is 1. The third-order valence-corrected chi connectivity index (χ3v) is 2.08. The molecule has 0 aromatic carbocycles. The van der Waals surface area contributed by atoms with E-state index in [1.54, 1.807) is 0 Å². The quantitative estimate of drug-likeness (QED) is 0.648. The Morgan fingerprint density at radius 1 is 1.67 bits per heavy atom. The van der Waals surface area contributed by atoms with Crippen molar-refractivity contribution in [2.75, 3.05) is 13.1 Å². The molecule has 1 rings (SSSR count). The molecule has 12 heavy (non-hydrogen) atoms. The van der Waals surface area contributed by atoms with Crippen LogP contribution < -0.4 is 10.6 Å². The standard InChI is InChI=1S/C9H18N2O/c1-7(2)5-10-8-3-4-9(12)11-6-8/h7-8,10H,3-6H2,1-2H3,(H,11,12). The van der Waals surface area contributed by atoms with Crippen LogP contribution in [0.15, 0.2) is 0 Å². The summed E-state index contributed by atoms with van der Waals surface area (Å²) in [4.78, 5) is 10.8. The highest BCUT2D eigenvalue weighted by Crippen LogP contribution is 2.02. The number of hydrogen-bond donors (Lipinski definition) is 2. The van der Waals surface area contributed by atoms with Crippen molar-refractivity contribution in [1.29, 1.82) is 0 Å². The van der Waals surface area contributed by atoms with E-state index in [1.807, 2.05) is 0 Å². The van der Waals surface area contributed by atoms with Crippen molar-refractivity contribution >= 4 is 5.91 Å². The maximum absolute atomic E-state index is 10.8. The first-order chi connectivity index (χ1) is 5.68. The number of nitrogens with one attached hydrogen (secondary N) is 2. The van der Waals surface area contributed by atoms with Crippen LogP contribution in [0, 0.1) is 5.92 Å². The Kier molecular flexibility index (Phi) is 3.53. The number of carbonyl (C=O) groups is 1. The van der Waals surface area contributed by atoms with Crippen molar-refractivity contribution in [3.8, 4) is 0 Å². The fraction of sp³-hybridized carbons (Fsp3) is 0.889. The van der Waals surface area contributed by atoms with Crippen molar-refractivity contribution in [2.45, 2.75) is 32.7 Å². The van der Waals surface area contributed by atoms with Crippen LogP contribution in [0.1, 0.15) is 26.7 Å². The Labute approximate surface area is 73.9 Å². The van der Waals surface area contributed by atoms with Gasteiger partial charge in [0.05, 0.1) is 0 Å². The van der Waals surface area contributed by atoms with Gasteiger partial charge in [-0.2, -0.15) is 0 Å². The first-order valence-electron chi connectivity index (χ1n) is 4.68. The fourth-order valence-electron chi connectivity index (χ4n) is 1.31. The molecule has 3 heteroatoms. The molecule has 0 spiro atoms. The summed E-state index contributed by atoms with van der Waals surface area (Å²) in [7, 11) is 0. The molecule has 1 atom stereocenters. The zero-order valence-corrected chi connectivity index (χ0v) is 7.89. The lowest BCUT2D eigenvalue weighted by atomic mass is 10.1. The molecule has 1 saturated heterocycles. The van der Waals surface area contributed by atoms with E-state index in [0.717, 1.165) is 19.5 Å². The van der Waals surface area contributed by atoms with E-state index < -0.39 is 0 Å². The zero-order chi connectivity index (χ0) is 8.97. The minimum atomic E-state index is 0.192. The molecule has 70 valence electrons. The molecule has 0 aromatic heterocycles. The van der Waals surface area contributed by atoms with Crippen LogP contribution in [0.4, 0.5) is 0 Å². The van der Waals surface area contributed by atoms with Crippen LogP contribution in [0.2, 0.25) is 0 Å². The van der Waals surface area contributed by atoms with Gasteiger partial charge in [0.25, 0.3) is 0 Å². The fourth-order valence-corrected chi connectivity index (χ4v) is 1.31. The number of amides is 1. The van der Waals surface area contributed by atoms with Crippen molar-refractivity contribution in [3.05, 3.63) is 0 Å². The van der Waals surface area contributed by atoms with Gasteiger partial charge in [-0.15, -0.1) is 0 Å². The summed E-state index contributed by atoms with van der Waals surface area (Å²) in [5.41, 5.74) is 0. The molecule has 0 bridgehead atoms. The van der Waals surface area contributed by atoms with Gasteiger partial charge in [-0.1, -0.05) is 13.8 Å². The summed E-state index contributed by atoms with van der Waals surface area (Å²) in [6.45, 7) is 6.22. The maximum atomic E-state index is 10.8. The molecule has 1 unspecified atom stereocenters. The summed E-state index contributed by atoms with van der Waals surface area (Å²) < 4.78 is 0. The third kappa shape index (κ3) is 3.22. The van der Waals surface area contributed by atoms with E-state index in [9.17, 15) is 4.79 Å². The largest absolute Gasteiger partial charge is 0.355 e. The molecular weight excluding hydrogens is 152 g/mol. The Morgan fingerprint density at radius 3 is 2.92 bits per heavy atom. The molecular formula is C9H18N2O. The average molecular weight is 170 g/mol. The summed E-state index contributed by atoms with van der Waals surface area (Å²) in [6.07, 6.45) is 1.66. The highest BCUT2D eigenvalue weighted by atomic mass is 16.1. The molecule has 1 amide bonds. The van der Waals surface area contributed by atoms with E-state index in [1.165, 1.54) is 0 Å². The highest BCUT2D eigenvalue weighted by molar-refractivity contribution is 5.76. The Bertz CT molecular complexity index is 147. The van der Waals surface area contributed by atoms with Gasteiger partial charge in [0.15, 0.2) is 0 Å². The highest BCUT2D eigenvalue weighted by Gasteiger charge is 2.16. The molecule has 0 aromatic rings. The molecule has 0 saturated carbocycles. The Hall–Kier alpha value is -0.570. The van der Waals surface area contributed by atoms with E-state index >= 15 is 0 Å². The molecule has 1 aliphatic heterocycles. The molecule has 1 aliphatic rings. The normalized spacial score (nSPS) is 24.2. The third-order valence-electron chi connectivity index (χ3n) is 2.08.